The van der Waals surface area contributed by atoms with Gasteiger partial charge >= 0.3 is 0 Å². The number of halogens is 1. The summed E-state index contributed by atoms with van der Waals surface area (Å²) >= 11 is 8.03. The number of anilines is 1. The van der Waals surface area contributed by atoms with Gasteiger partial charge in [0.2, 0.25) is 0 Å². The highest BCUT2D eigenvalue weighted by molar-refractivity contribution is 7.99. The maximum atomic E-state index is 5.97. The summed E-state index contributed by atoms with van der Waals surface area (Å²) in [4.78, 5) is 0. The van der Waals surface area contributed by atoms with E-state index < -0.39 is 0 Å². The molecular weight excluding hydrogens is 226 g/mol. The lowest BCUT2D eigenvalue weighted by Crippen LogP contribution is -2.14. The van der Waals surface area contributed by atoms with Crippen LogP contribution in [0.5, 0.6) is 0 Å². The molecule has 0 radical (unpaired) electrons. The summed E-state index contributed by atoms with van der Waals surface area (Å²) in [7, 11) is 0. The average Bonchev–Trinajstić information content (AvgIpc) is 2.25. The molecule has 15 heavy (non-hydrogen) atoms. The van der Waals surface area contributed by atoms with Crippen molar-refractivity contribution in [2.45, 2.75) is 19.3 Å². The average molecular weight is 242 g/mol. The summed E-state index contributed by atoms with van der Waals surface area (Å²) < 4.78 is 0. The van der Waals surface area contributed by atoms with Crippen molar-refractivity contribution in [3.05, 3.63) is 28.8 Å². The van der Waals surface area contributed by atoms with Gasteiger partial charge in [-0.2, -0.15) is 11.8 Å². The lowest BCUT2D eigenvalue weighted by Gasteiger charge is -2.21. The summed E-state index contributed by atoms with van der Waals surface area (Å²) in [5, 5.41) is 0.794. The Morgan fingerprint density at radius 1 is 1.47 bits per heavy atom. The molecule has 82 valence electrons. The van der Waals surface area contributed by atoms with Crippen molar-refractivity contribution in [1.82, 2.24) is 0 Å². The number of nitrogens with two attached hydrogens (primary N) is 1. The lowest BCUT2D eigenvalue weighted by atomic mass is 9.95. The lowest BCUT2D eigenvalue weighted by molar-refractivity contribution is 0.522. The van der Waals surface area contributed by atoms with E-state index in [0.717, 1.165) is 23.0 Å². The second-order valence-electron chi connectivity index (χ2n) is 4.13. The van der Waals surface area contributed by atoms with E-state index in [0.29, 0.717) is 0 Å². The van der Waals surface area contributed by atoms with E-state index in [9.17, 15) is 0 Å². The molecule has 1 saturated heterocycles. The van der Waals surface area contributed by atoms with Crippen LogP contribution in [0.4, 0.5) is 5.69 Å². The van der Waals surface area contributed by atoms with E-state index in [-0.39, 0.29) is 0 Å². The van der Waals surface area contributed by atoms with Gasteiger partial charge in [-0.3, -0.25) is 0 Å². The van der Waals surface area contributed by atoms with Crippen LogP contribution in [0, 0.1) is 5.92 Å². The molecule has 0 aliphatic carbocycles. The highest BCUT2D eigenvalue weighted by atomic mass is 35.5. The molecule has 1 unspecified atom stereocenters. The third kappa shape index (κ3) is 3.05. The first-order chi connectivity index (χ1) is 7.25. The molecule has 1 heterocycles. The van der Waals surface area contributed by atoms with Gasteiger partial charge in [0.05, 0.1) is 0 Å². The minimum Gasteiger partial charge on any atom is -0.399 e. The van der Waals surface area contributed by atoms with Gasteiger partial charge in [-0.05, 0) is 60.4 Å². The molecule has 0 bridgehead atoms. The fourth-order valence-electron chi connectivity index (χ4n) is 2.03. The Morgan fingerprint density at radius 2 is 2.33 bits per heavy atom. The van der Waals surface area contributed by atoms with E-state index in [1.807, 2.05) is 18.2 Å². The Hall–Kier alpha value is -0.340. The number of nitrogen functional groups attached to an aromatic ring is 1. The predicted octanol–water partition coefficient (Wildman–Crippen LogP) is 3.61. The predicted molar refractivity (Wildman–Crippen MR) is 69.6 cm³/mol. The molecule has 1 fully saturated rings. The number of hydrogen-bond donors (Lipinski definition) is 1. The first-order valence-electron chi connectivity index (χ1n) is 5.37. The molecule has 3 heteroatoms. The zero-order valence-electron chi connectivity index (χ0n) is 8.71. The highest BCUT2D eigenvalue weighted by Crippen LogP contribution is 2.28. The molecule has 1 aliphatic rings. The summed E-state index contributed by atoms with van der Waals surface area (Å²) in [5.41, 5.74) is 8.04. The smallest absolute Gasteiger partial charge is 0.0410 e. The molecule has 1 atom stereocenters. The zero-order valence-corrected chi connectivity index (χ0v) is 10.3. The molecule has 0 amide bonds. The molecule has 1 aromatic carbocycles. The molecular formula is C12H16ClNS. The van der Waals surface area contributed by atoms with Gasteiger partial charge in [0, 0.05) is 10.7 Å². The van der Waals surface area contributed by atoms with Gasteiger partial charge in [0.1, 0.15) is 0 Å². The Morgan fingerprint density at radius 3 is 3.07 bits per heavy atom. The SMILES string of the molecule is Nc1ccc(Cl)cc1CC1CCCSC1. The summed E-state index contributed by atoms with van der Waals surface area (Å²) in [6.07, 6.45) is 3.76. The van der Waals surface area contributed by atoms with Crippen LogP contribution in [-0.2, 0) is 6.42 Å². The van der Waals surface area contributed by atoms with Crippen molar-refractivity contribution < 1.29 is 0 Å². The molecule has 0 spiro atoms. The van der Waals surface area contributed by atoms with E-state index in [2.05, 4.69) is 11.8 Å². The number of thioether (sulfide) groups is 1. The minimum absolute atomic E-state index is 0.782. The Bertz CT molecular complexity index is 334. The number of rotatable bonds is 2. The van der Waals surface area contributed by atoms with Crippen LogP contribution in [0.3, 0.4) is 0 Å². The summed E-state index contributed by atoms with van der Waals surface area (Å²) in [6, 6.07) is 5.78. The molecule has 2 rings (SSSR count). The van der Waals surface area contributed by atoms with Crippen LogP contribution in [0.15, 0.2) is 18.2 Å². The maximum absolute atomic E-state index is 5.97. The summed E-state index contributed by atoms with van der Waals surface area (Å²) in [5.74, 6) is 3.37. The van der Waals surface area contributed by atoms with Gasteiger partial charge in [-0.15, -0.1) is 0 Å². The Labute approximate surface area is 100 Å². The van der Waals surface area contributed by atoms with Gasteiger partial charge in [0.25, 0.3) is 0 Å². The Balaban J connectivity index is 2.05. The van der Waals surface area contributed by atoms with Crippen LogP contribution < -0.4 is 5.73 Å². The van der Waals surface area contributed by atoms with Crippen molar-refractivity contribution in [3.63, 3.8) is 0 Å². The minimum atomic E-state index is 0.782. The van der Waals surface area contributed by atoms with Crippen molar-refractivity contribution in [2.24, 2.45) is 5.92 Å². The molecule has 2 N–H and O–H groups in total. The van der Waals surface area contributed by atoms with Crippen LogP contribution in [-0.4, -0.2) is 11.5 Å². The summed E-state index contributed by atoms with van der Waals surface area (Å²) in [6.45, 7) is 0. The standard InChI is InChI=1S/C12H16ClNS/c13-11-3-4-12(14)10(7-11)6-9-2-1-5-15-8-9/h3-4,7,9H,1-2,5-6,8,14H2. The second kappa shape index (κ2) is 5.13. The van der Waals surface area contributed by atoms with Crippen molar-refractivity contribution >= 4 is 29.1 Å². The quantitative estimate of drug-likeness (QED) is 0.801. The second-order valence-corrected chi connectivity index (χ2v) is 5.72. The first-order valence-corrected chi connectivity index (χ1v) is 6.90. The van der Waals surface area contributed by atoms with Crippen LogP contribution in [0.1, 0.15) is 18.4 Å². The number of benzene rings is 1. The Kier molecular flexibility index (Phi) is 3.81. The third-order valence-corrected chi connectivity index (χ3v) is 4.39. The van der Waals surface area contributed by atoms with Crippen LogP contribution in [0.25, 0.3) is 0 Å². The molecule has 1 nitrogen and oxygen atoms in total. The third-order valence-electron chi connectivity index (χ3n) is 2.87. The number of hydrogen-bond acceptors (Lipinski definition) is 2. The van der Waals surface area contributed by atoms with Gasteiger partial charge in [-0.1, -0.05) is 11.6 Å². The topological polar surface area (TPSA) is 26.0 Å². The fraction of sp³-hybridized carbons (Fsp3) is 0.500. The molecule has 1 aromatic rings. The molecule has 0 saturated carbocycles. The van der Waals surface area contributed by atoms with E-state index in [4.69, 9.17) is 17.3 Å². The highest BCUT2D eigenvalue weighted by Gasteiger charge is 2.15. The van der Waals surface area contributed by atoms with Gasteiger partial charge in [-0.25, -0.2) is 0 Å². The monoisotopic (exact) mass is 241 g/mol. The van der Waals surface area contributed by atoms with Gasteiger partial charge < -0.3 is 5.73 Å². The van der Waals surface area contributed by atoms with Crippen LogP contribution >= 0.6 is 23.4 Å². The fourth-order valence-corrected chi connectivity index (χ4v) is 3.38. The molecule has 1 aliphatic heterocycles. The van der Waals surface area contributed by atoms with E-state index in [1.165, 1.54) is 29.9 Å². The van der Waals surface area contributed by atoms with E-state index >= 15 is 0 Å². The van der Waals surface area contributed by atoms with Crippen molar-refractivity contribution in [2.75, 3.05) is 17.2 Å². The van der Waals surface area contributed by atoms with Gasteiger partial charge in [0.15, 0.2) is 0 Å². The largest absolute Gasteiger partial charge is 0.399 e. The molecule has 0 aromatic heterocycles. The normalized spacial score (nSPS) is 21.5. The van der Waals surface area contributed by atoms with Crippen LogP contribution in [0.2, 0.25) is 5.02 Å². The zero-order chi connectivity index (χ0) is 10.7. The van der Waals surface area contributed by atoms with Crippen molar-refractivity contribution in [3.8, 4) is 0 Å². The first kappa shape index (κ1) is 11.2. The van der Waals surface area contributed by atoms with Crippen molar-refractivity contribution in [1.29, 1.82) is 0 Å². The van der Waals surface area contributed by atoms with E-state index in [1.54, 1.807) is 0 Å². The maximum Gasteiger partial charge on any atom is 0.0410 e.